The van der Waals surface area contributed by atoms with Crippen molar-refractivity contribution in [3.8, 4) is 0 Å². The van der Waals surface area contributed by atoms with Crippen molar-refractivity contribution in [2.75, 3.05) is 0 Å². The van der Waals surface area contributed by atoms with E-state index in [0.717, 1.165) is 6.42 Å². The molecular formula is C16H20Si. The van der Waals surface area contributed by atoms with E-state index in [0.29, 0.717) is 0 Å². The Morgan fingerprint density at radius 1 is 1.00 bits per heavy atom. The zero-order valence-corrected chi connectivity index (χ0v) is 11.9. The summed E-state index contributed by atoms with van der Waals surface area (Å²) < 4.78 is 0. The second-order valence-corrected chi connectivity index (χ2v) is 9.54. The van der Waals surface area contributed by atoms with Gasteiger partial charge in [-0.1, -0.05) is 83.7 Å². The fourth-order valence-electron chi connectivity index (χ4n) is 2.48. The third kappa shape index (κ3) is 2.50. The molecule has 17 heavy (non-hydrogen) atoms. The Hall–Kier alpha value is -1.34. The normalized spacial score (nSPS) is 16.2. The Morgan fingerprint density at radius 3 is 2.41 bits per heavy atom. The van der Waals surface area contributed by atoms with Crippen molar-refractivity contribution >= 4 is 13.3 Å². The molecule has 1 aromatic carbocycles. The zero-order valence-electron chi connectivity index (χ0n) is 10.9. The molecule has 0 bridgehead atoms. The van der Waals surface area contributed by atoms with Crippen molar-refractivity contribution in [1.29, 1.82) is 0 Å². The van der Waals surface area contributed by atoms with Crippen molar-refractivity contribution in [2.45, 2.75) is 26.4 Å². The second kappa shape index (κ2) is 4.88. The molecule has 2 rings (SSSR count). The first-order valence-electron chi connectivity index (χ1n) is 6.21. The van der Waals surface area contributed by atoms with Gasteiger partial charge in [-0.2, -0.15) is 0 Å². The van der Waals surface area contributed by atoms with Crippen LogP contribution in [0.5, 0.6) is 0 Å². The Kier molecular flexibility index (Phi) is 3.48. The highest BCUT2D eigenvalue weighted by Crippen LogP contribution is 2.24. The van der Waals surface area contributed by atoms with Crippen LogP contribution in [-0.2, 0) is 0 Å². The summed E-state index contributed by atoms with van der Waals surface area (Å²) in [5.74, 6) is 0. The largest absolute Gasteiger partial charge is 0.112 e. The smallest absolute Gasteiger partial charge is 0.0805 e. The van der Waals surface area contributed by atoms with E-state index in [1.54, 1.807) is 5.20 Å². The lowest BCUT2D eigenvalue weighted by atomic mass is 10.2. The van der Waals surface area contributed by atoms with Crippen LogP contribution in [0.4, 0.5) is 0 Å². The van der Waals surface area contributed by atoms with Gasteiger partial charge in [-0.3, -0.25) is 0 Å². The first-order valence-corrected chi connectivity index (χ1v) is 9.21. The van der Waals surface area contributed by atoms with E-state index < -0.39 is 8.07 Å². The summed E-state index contributed by atoms with van der Waals surface area (Å²) in [5.41, 5.74) is 1.52. The van der Waals surface area contributed by atoms with Gasteiger partial charge < -0.3 is 0 Å². The summed E-state index contributed by atoms with van der Waals surface area (Å²) in [6, 6.07) is 11.0. The molecule has 88 valence electrons. The highest BCUT2D eigenvalue weighted by molar-refractivity contribution is 6.96. The van der Waals surface area contributed by atoms with Gasteiger partial charge in [0.2, 0.25) is 0 Å². The summed E-state index contributed by atoms with van der Waals surface area (Å²) in [7, 11) is -1.52. The molecule has 0 aliphatic heterocycles. The molecule has 1 aliphatic carbocycles. The van der Waals surface area contributed by atoms with E-state index in [4.69, 9.17) is 0 Å². The molecule has 0 heterocycles. The van der Waals surface area contributed by atoms with Crippen LogP contribution in [0.25, 0.3) is 0 Å². The molecule has 0 amide bonds. The quantitative estimate of drug-likeness (QED) is 0.686. The van der Waals surface area contributed by atoms with Gasteiger partial charge in [-0.15, -0.1) is 0 Å². The van der Waals surface area contributed by atoms with Crippen LogP contribution in [-0.4, -0.2) is 8.07 Å². The summed E-state index contributed by atoms with van der Waals surface area (Å²) in [6.45, 7) is 7.15. The Labute approximate surface area is 105 Å². The maximum atomic E-state index is 2.44. The molecule has 0 saturated heterocycles. The highest BCUT2D eigenvalue weighted by Gasteiger charge is 2.28. The van der Waals surface area contributed by atoms with Crippen LogP contribution in [0.2, 0.25) is 13.1 Å². The fraction of sp³-hybridized carbons (Fsp3) is 0.250. The molecule has 0 saturated carbocycles. The third-order valence-electron chi connectivity index (χ3n) is 3.56. The summed E-state index contributed by atoms with van der Waals surface area (Å²) in [6.07, 6.45) is 9.99. The SMILES string of the molecule is CC1=C([Si](C)(C)c2ccccc2)C=CC=CC1. The van der Waals surface area contributed by atoms with Gasteiger partial charge in [-0.05, 0) is 13.3 Å². The minimum Gasteiger partial charge on any atom is -0.0805 e. The van der Waals surface area contributed by atoms with Crippen LogP contribution in [0.15, 0.2) is 65.4 Å². The molecule has 1 aliphatic rings. The lowest BCUT2D eigenvalue weighted by Gasteiger charge is -2.26. The number of allylic oxidation sites excluding steroid dienone is 6. The Bertz CT molecular complexity index is 476. The van der Waals surface area contributed by atoms with E-state index in [-0.39, 0.29) is 0 Å². The molecule has 0 unspecified atom stereocenters. The maximum absolute atomic E-state index is 2.44. The lowest BCUT2D eigenvalue weighted by Crippen LogP contribution is -2.43. The molecule has 0 spiro atoms. The first-order chi connectivity index (χ1) is 8.12. The molecule has 0 nitrogen and oxygen atoms in total. The monoisotopic (exact) mass is 240 g/mol. The molecular weight excluding hydrogens is 220 g/mol. The third-order valence-corrected chi connectivity index (χ3v) is 7.28. The van der Waals surface area contributed by atoms with Gasteiger partial charge in [0.1, 0.15) is 8.07 Å². The molecule has 0 fully saturated rings. The van der Waals surface area contributed by atoms with Crippen molar-refractivity contribution in [3.05, 3.63) is 65.4 Å². The summed E-state index contributed by atoms with van der Waals surface area (Å²) in [4.78, 5) is 0. The predicted molar refractivity (Wildman–Crippen MR) is 79.2 cm³/mol. The van der Waals surface area contributed by atoms with Crippen molar-refractivity contribution < 1.29 is 0 Å². The topological polar surface area (TPSA) is 0 Å². The second-order valence-electron chi connectivity index (χ2n) is 5.18. The van der Waals surface area contributed by atoms with E-state index in [1.807, 2.05) is 0 Å². The van der Waals surface area contributed by atoms with Gasteiger partial charge in [0, 0.05) is 0 Å². The predicted octanol–water partition coefficient (Wildman–Crippen LogP) is 3.97. The molecule has 1 heteroatoms. The van der Waals surface area contributed by atoms with Crippen molar-refractivity contribution in [1.82, 2.24) is 0 Å². The van der Waals surface area contributed by atoms with Gasteiger partial charge in [0.15, 0.2) is 0 Å². The fourth-order valence-corrected chi connectivity index (χ4v) is 5.50. The van der Waals surface area contributed by atoms with Crippen molar-refractivity contribution in [2.24, 2.45) is 0 Å². The average molecular weight is 240 g/mol. The van der Waals surface area contributed by atoms with E-state index in [1.165, 1.54) is 10.8 Å². The minimum absolute atomic E-state index is 1.09. The van der Waals surface area contributed by atoms with Crippen molar-refractivity contribution in [3.63, 3.8) is 0 Å². The zero-order chi connectivity index (χ0) is 12.3. The van der Waals surface area contributed by atoms with Crippen LogP contribution in [0, 0.1) is 0 Å². The highest BCUT2D eigenvalue weighted by atomic mass is 28.3. The van der Waals surface area contributed by atoms with Crippen LogP contribution < -0.4 is 5.19 Å². The maximum Gasteiger partial charge on any atom is 0.112 e. The van der Waals surface area contributed by atoms with Gasteiger partial charge in [0.25, 0.3) is 0 Å². The number of hydrogen-bond acceptors (Lipinski definition) is 0. The summed E-state index contributed by atoms with van der Waals surface area (Å²) in [5, 5.41) is 3.09. The average Bonchev–Trinajstić information content (AvgIpc) is 2.55. The van der Waals surface area contributed by atoms with Gasteiger partial charge >= 0.3 is 0 Å². The minimum atomic E-state index is -1.52. The van der Waals surface area contributed by atoms with E-state index in [9.17, 15) is 0 Å². The molecule has 1 aromatic rings. The molecule has 0 radical (unpaired) electrons. The van der Waals surface area contributed by atoms with Gasteiger partial charge in [0.05, 0.1) is 0 Å². The molecule has 0 aromatic heterocycles. The Balaban J connectivity index is 2.45. The van der Waals surface area contributed by atoms with Crippen LogP contribution in [0.3, 0.4) is 0 Å². The lowest BCUT2D eigenvalue weighted by molar-refractivity contribution is 1.20. The number of hydrogen-bond donors (Lipinski definition) is 0. The number of benzene rings is 1. The van der Waals surface area contributed by atoms with Crippen LogP contribution in [0.1, 0.15) is 13.3 Å². The first kappa shape index (κ1) is 12.1. The number of rotatable bonds is 2. The standard InChI is InChI=1S/C16H20Si/c1-14-10-6-4-9-13-16(14)17(2,3)15-11-7-5-8-12-15/h4-9,11-13H,10H2,1-3H3. The van der Waals surface area contributed by atoms with E-state index in [2.05, 4.69) is 74.7 Å². The van der Waals surface area contributed by atoms with Gasteiger partial charge in [-0.25, -0.2) is 0 Å². The molecule has 0 N–H and O–H groups in total. The van der Waals surface area contributed by atoms with Crippen LogP contribution >= 0.6 is 0 Å². The summed E-state index contributed by atoms with van der Waals surface area (Å²) >= 11 is 0. The Morgan fingerprint density at radius 2 is 1.71 bits per heavy atom. The molecule has 0 atom stereocenters. The van der Waals surface area contributed by atoms with E-state index >= 15 is 0 Å².